The van der Waals surface area contributed by atoms with Crippen molar-refractivity contribution in [3.05, 3.63) is 46.0 Å². The van der Waals surface area contributed by atoms with E-state index in [-0.39, 0.29) is 11.8 Å². The molecule has 1 aliphatic rings. The van der Waals surface area contributed by atoms with E-state index in [9.17, 15) is 9.59 Å². The summed E-state index contributed by atoms with van der Waals surface area (Å²) in [4.78, 5) is 27.4. The van der Waals surface area contributed by atoms with Gasteiger partial charge in [0.1, 0.15) is 11.3 Å². The Morgan fingerprint density at radius 3 is 2.82 bits per heavy atom. The highest BCUT2D eigenvalue weighted by Gasteiger charge is 2.49. The molecule has 1 atom stereocenters. The van der Waals surface area contributed by atoms with Gasteiger partial charge in [-0.05, 0) is 49.4 Å². The molecule has 1 saturated heterocycles. The number of hydrogen-bond acceptors (Lipinski definition) is 4. The molecule has 0 spiro atoms. The second-order valence-electron chi connectivity index (χ2n) is 5.68. The minimum absolute atomic E-state index is 0.0607. The average molecular weight is 318 g/mol. The Hall–Kier alpha value is -2.08. The zero-order valence-corrected chi connectivity index (χ0v) is 13.4. The van der Waals surface area contributed by atoms with Gasteiger partial charge in [0.2, 0.25) is 5.91 Å². The second-order valence-corrected chi connectivity index (χ2v) is 6.59. The summed E-state index contributed by atoms with van der Waals surface area (Å²) in [6.45, 7) is 4.68. The number of amides is 2. The summed E-state index contributed by atoms with van der Waals surface area (Å²) in [5.74, 6) is 0.496. The van der Waals surface area contributed by atoms with Crippen LogP contribution in [-0.2, 0) is 11.3 Å². The van der Waals surface area contributed by atoms with E-state index < -0.39 is 5.54 Å². The molecule has 0 aromatic carbocycles. The van der Waals surface area contributed by atoms with Crippen molar-refractivity contribution in [2.45, 2.75) is 32.4 Å². The molecule has 3 rings (SSSR count). The number of aryl methyl sites for hydroxylation is 1. The third kappa shape index (κ3) is 2.43. The first-order valence-corrected chi connectivity index (χ1v) is 8.07. The van der Waals surface area contributed by atoms with Gasteiger partial charge in [-0.1, -0.05) is 0 Å². The predicted molar refractivity (Wildman–Crippen MR) is 83.7 cm³/mol. The summed E-state index contributed by atoms with van der Waals surface area (Å²) in [5, 5.41) is 4.75. The van der Waals surface area contributed by atoms with Gasteiger partial charge in [-0.2, -0.15) is 0 Å². The lowest BCUT2D eigenvalue weighted by Gasteiger charge is -2.48. The van der Waals surface area contributed by atoms with E-state index in [0.717, 1.165) is 5.56 Å². The highest BCUT2D eigenvalue weighted by Crippen LogP contribution is 2.33. The van der Waals surface area contributed by atoms with Crippen molar-refractivity contribution < 1.29 is 14.0 Å². The fourth-order valence-corrected chi connectivity index (χ4v) is 3.48. The fourth-order valence-electron chi connectivity index (χ4n) is 2.61. The quantitative estimate of drug-likeness (QED) is 0.942. The Labute approximate surface area is 132 Å². The van der Waals surface area contributed by atoms with Crippen molar-refractivity contribution >= 4 is 23.2 Å². The predicted octanol–water partition coefficient (Wildman–Crippen LogP) is 2.57. The summed E-state index contributed by atoms with van der Waals surface area (Å²) in [6, 6.07) is 5.51. The van der Waals surface area contributed by atoms with Gasteiger partial charge >= 0.3 is 0 Å². The standard InChI is InChI=1S/C16H18N2O3S/c1-11-5-9-22-13(11)14(19)18-7-6-16(18,2)15(20)17-10-12-4-3-8-21-12/h3-5,8-9H,6-7,10H2,1-2H3,(H,17,20). The summed E-state index contributed by atoms with van der Waals surface area (Å²) in [7, 11) is 0. The van der Waals surface area contributed by atoms with E-state index >= 15 is 0 Å². The van der Waals surface area contributed by atoms with E-state index in [2.05, 4.69) is 5.32 Å². The fraction of sp³-hybridized carbons (Fsp3) is 0.375. The SMILES string of the molecule is Cc1ccsc1C(=O)N1CCC1(C)C(=O)NCc1ccco1. The molecule has 6 heteroatoms. The molecule has 1 aliphatic heterocycles. The molecule has 3 heterocycles. The van der Waals surface area contributed by atoms with Gasteiger partial charge in [0.25, 0.3) is 5.91 Å². The number of hydrogen-bond donors (Lipinski definition) is 1. The van der Waals surface area contributed by atoms with Crippen LogP contribution in [0.4, 0.5) is 0 Å². The zero-order valence-electron chi connectivity index (χ0n) is 12.6. The summed E-state index contributed by atoms with van der Waals surface area (Å²) < 4.78 is 5.20. The molecule has 2 amide bonds. The molecule has 0 aliphatic carbocycles. The number of furan rings is 1. The third-order valence-electron chi connectivity index (χ3n) is 4.21. The first-order valence-electron chi connectivity index (χ1n) is 7.19. The highest BCUT2D eigenvalue weighted by atomic mass is 32.1. The van der Waals surface area contributed by atoms with Gasteiger partial charge in [-0.3, -0.25) is 9.59 Å². The summed E-state index contributed by atoms with van der Waals surface area (Å²) >= 11 is 1.42. The van der Waals surface area contributed by atoms with Gasteiger partial charge in [0.15, 0.2) is 0 Å². The lowest BCUT2D eigenvalue weighted by Crippen LogP contribution is -2.67. The van der Waals surface area contributed by atoms with Crippen molar-refractivity contribution in [3.63, 3.8) is 0 Å². The van der Waals surface area contributed by atoms with Crippen LogP contribution in [0.3, 0.4) is 0 Å². The van der Waals surface area contributed by atoms with Crippen LogP contribution in [0.5, 0.6) is 0 Å². The molecule has 0 saturated carbocycles. The molecule has 2 aromatic heterocycles. The molecule has 1 N–H and O–H groups in total. The van der Waals surface area contributed by atoms with E-state index in [1.807, 2.05) is 25.3 Å². The van der Waals surface area contributed by atoms with Gasteiger partial charge in [0, 0.05) is 6.54 Å². The Kier molecular flexibility index (Phi) is 3.78. The maximum absolute atomic E-state index is 12.6. The number of thiophene rings is 1. The van der Waals surface area contributed by atoms with Crippen LogP contribution in [0.15, 0.2) is 34.3 Å². The van der Waals surface area contributed by atoms with E-state index in [4.69, 9.17) is 4.42 Å². The van der Waals surface area contributed by atoms with Crippen molar-refractivity contribution in [3.8, 4) is 0 Å². The maximum atomic E-state index is 12.6. The Bertz CT molecular complexity index is 692. The summed E-state index contributed by atoms with van der Waals surface area (Å²) in [6.07, 6.45) is 2.25. The normalized spacial score (nSPS) is 20.5. The van der Waals surface area contributed by atoms with Crippen molar-refractivity contribution in [2.24, 2.45) is 0 Å². The van der Waals surface area contributed by atoms with Crippen molar-refractivity contribution in [2.75, 3.05) is 6.54 Å². The second kappa shape index (κ2) is 5.61. The minimum Gasteiger partial charge on any atom is -0.467 e. The highest BCUT2D eigenvalue weighted by molar-refractivity contribution is 7.12. The average Bonchev–Trinajstić information content (AvgIpc) is 3.13. The topological polar surface area (TPSA) is 62.6 Å². The van der Waals surface area contributed by atoms with E-state index in [1.54, 1.807) is 23.3 Å². The lowest BCUT2D eigenvalue weighted by atomic mass is 9.85. The molecule has 0 radical (unpaired) electrons. The summed E-state index contributed by atoms with van der Waals surface area (Å²) in [5.41, 5.74) is 0.181. The molecule has 22 heavy (non-hydrogen) atoms. The molecule has 1 fully saturated rings. The first kappa shape index (κ1) is 14.8. The largest absolute Gasteiger partial charge is 0.467 e. The maximum Gasteiger partial charge on any atom is 0.265 e. The number of rotatable bonds is 4. The van der Waals surface area contributed by atoms with Gasteiger partial charge < -0.3 is 14.6 Å². The van der Waals surface area contributed by atoms with Crippen LogP contribution in [0.2, 0.25) is 0 Å². The molecule has 2 aromatic rings. The van der Waals surface area contributed by atoms with Crippen LogP contribution in [0, 0.1) is 6.92 Å². The Balaban J connectivity index is 1.68. The van der Waals surface area contributed by atoms with Crippen molar-refractivity contribution in [1.29, 1.82) is 0 Å². The van der Waals surface area contributed by atoms with Crippen LogP contribution >= 0.6 is 11.3 Å². The van der Waals surface area contributed by atoms with Crippen LogP contribution in [-0.4, -0.2) is 28.8 Å². The van der Waals surface area contributed by atoms with Gasteiger partial charge in [-0.15, -0.1) is 11.3 Å². The molecule has 5 nitrogen and oxygen atoms in total. The van der Waals surface area contributed by atoms with Crippen LogP contribution < -0.4 is 5.32 Å². The number of carbonyl (C=O) groups excluding carboxylic acids is 2. The van der Waals surface area contributed by atoms with Crippen LogP contribution in [0.25, 0.3) is 0 Å². The number of nitrogens with zero attached hydrogens (tertiary/aromatic N) is 1. The molecular weight excluding hydrogens is 300 g/mol. The Morgan fingerprint density at radius 1 is 1.45 bits per heavy atom. The molecular formula is C16H18N2O3S. The van der Waals surface area contributed by atoms with E-state index in [0.29, 0.717) is 30.1 Å². The van der Waals surface area contributed by atoms with Gasteiger partial charge in [-0.25, -0.2) is 0 Å². The van der Waals surface area contributed by atoms with Crippen LogP contribution in [0.1, 0.15) is 34.3 Å². The van der Waals surface area contributed by atoms with E-state index in [1.165, 1.54) is 11.3 Å². The third-order valence-corrected chi connectivity index (χ3v) is 5.22. The molecule has 1 unspecified atom stereocenters. The lowest BCUT2D eigenvalue weighted by molar-refractivity contribution is -0.137. The number of likely N-dealkylation sites (tertiary alicyclic amines) is 1. The number of nitrogens with one attached hydrogen (secondary N) is 1. The number of carbonyl (C=O) groups is 2. The smallest absolute Gasteiger partial charge is 0.265 e. The first-order chi connectivity index (χ1) is 10.5. The van der Waals surface area contributed by atoms with Gasteiger partial charge in [0.05, 0.1) is 17.7 Å². The molecule has 0 bridgehead atoms. The minimum atomic E-state index is -0.778. The molecule has 116 valence electrons. The Morgan fingerprint density at radius 2 is 2.27 bits per heavy atom. The monoisotopic (exact) mass is 318 g/mol. The zero-order chi connectivity index (χ0) is 15.7. The van der Waals surface area contributed by atoms with Crippen molar-refractivity contribution in [1.82, 2.24) is 10.2 Å².